The molecule has 1 aliphatic rings. The molecule has 20 heavy (non-hydrogen) atoms. The number of anilines is 1. The largest absolute Gasteiger partial charge is 0.507 e. The van der Waals surface area contributed by atoms with E-state index in [-0.39, 0.29) is 23.6 Å². The number of carbonyl (C=O) groups excluding carboxylic acids is 1. The number of morpholine rings is 1. The molecule has 0 radical (unpaired) electrons. The van der Waals surface area contributed by atoms with E-state index in [1.807, 2.05) is 4.90 Å². The number of phenolic OH excluding ortho intramolecular Hbond substituents is 1. The number of nitrogens with zero attached hydrogens (tertiary/aromatic N) is 2. The third-order valence-electron chi connectivity index (χ3n) is 3.16. The van der Waals surface area contributed by atoms with Gasteiger partial charge in [-0.1, -0.05) is 0 Å². The first-order valence-electron chi connectivity index (χ1n) is 6.31. The molecule has 1 fully saturated rings. The van der Waals surface area contributed by atoms with Gasteiger partial charge in [0.1, 0.15) is 17.2 Å². The van der Waals surface area contributed by atoms with Gasteiger partial charge in [0.05, 0.1) is 24.2 Å². The Labute approximate surface area is 115 Å². The fourth-order valence-electron chi connectivity index (χ4n) is 2.22. The summed E-state index contributed by atoms with van der Waals surface area (Å²) in [6.07, 6.45) is 0.0567. The van der Waals surface area contributed by atoms with E-state index in [0.717, 1.165) is 6.07 Å². The lowest BCUT2D eigenvalue weighted by Gasteiger charge is -2.28. The fraction of sp³-hybridized carbons (Fsp3) is 0.462. The van der Waals surface area contributed by atoms with E-state index in [4.69, 9.17) is 4.74 Å². The second-order valence-electron chi connectivity index (χ2n) is 4.70. The zero-order chi connectivity index (χ0) is 14.7. The molecule has 0 atom stereocenters. The number of rotatable bonds is 4. The number of hydrogen-bond acceptors (Lipinski definition) is 6. The molecule has 0 amide bonds. The number of phenols is 1. The maximum absolute atomic E-state index is 11.2. The van der Waals surface area contributed by atoms with E-state index < -0.39 is 4.92 Å². The second kappa shape index (κ2) is 5.87. The van der Waals surface area contributed by atoms with Crippen LogP contribution in [0.1, 0.15) is 12.5 Å². The molecule has 7 nitrogen and oxygen atoms in total. The van der Waals surface area contributed by atoms with Crippen molar-refractivity contribution in [2.75, 3.05) is 31.2 Å². The minimum absolute atomic E-state index is 0.0567. The summed E-state index contributed by atoms with van der Waals surface area (Å²) < 4.78 is 5.23. The average molecular weight is 280 g/mol. The number of aromatic hydroxyl groups is 1. The molecule has 0 aliphatic carbocycles. The highest BCUT2D eigenvalue weighted by molar-refractivity contribution is 5.80. The molecule has 1 aromatic carbocycles. The number of nitro benzene ring substituents is 1. The van der Waals surface area contributed by atoms with Crippen molar-refractivity contribution >= 4 is 17.2 Å². The van der Waals surface area contributed by atoms with Gasteiger partial charge in [0, 0.05) is 25.1 Å². The molecule has 2 rings (SSSR count). The topological polar surface area (TPSA) is 92.9 Å². The number of benzene rings is 1. The van der Waals surface area contributed by atoms with Crippen molar-refractivity contribution in [3.05, 3.63) is 27.8 Å². The summed E-state index contributed by atoms with van der Waals surface area (Å²) in [7, 11) is 0. The van der Waals surface area contributed by atoms with E-state index in [1.165, 1.54) is 13.0 Å². The Hall–Kier alpha value is -2.15. The first-order valence-corrected chi connectivity index (χ1v) is 6.31. The molecule has 0 spiro atoms. The lowest BCUT2D eigenvalue weighted by molar-refractivity contribution is -0.384. The molecule has 1 aliphatic heterocycles. The second-order valence-corrected chi connectivity index (χ2v) is 4.70. The Morgan fingerprint density at radius 1 is 1.45 bits per heavy atom. The van der Waals surface area contributed by atoms with Gasteiger partial charge in [-0.05, 0) is 13.0 Å². The summed E-state index contributed by atoms with van der Waals surface area (Å²) in [6.45, 7) is 3.51. The van der Waals surface area contributed by atoms with E-state index in [0.29, 0.717) is 37.6 Å². The predicted molar refractivity (Wildman–Crippen MR) is 72.2 cm³/mol. The molecular formula is C13H16N2O5. The van der Waals surface area contributed by atoms with Crippen molar-refractivity contribution in [2.45, 2.75) is 13.3 Å². The van der Waals surface area contributed by atoms with E-state index in [9.17, 15) is 20.0 Å². The quantitative estimate of drug-likeness (QED) is 0.659. The molecule has 0 aromatic heterocycles. The first kappa shape index (κ1) is 14.3. The van der Waals surface area contributed by atoms with Gasteiger partial charge in [0.15, 0.2) is 0 Å². The SMILES string of the molecule is CC(=O)Cc1cc(N2CCOCC2)c([N+](=O)[O-])cc1O. The van der Waals surface area contributed by atoms with Crippen LogP contribution in [-0.2, 0) is 16.0 Å². The Bertz CT molecular complexity index is 538. The van der Waals surface area contributed by atoms with Crippen LogP contribution in [0.15, 0.2) is 12.1 Å². The van der Waals surface area contributed by atoms with Gasteiger partial charge < -0.3 is 14.7 Å². The maximum Gasteiger partial charge on any atom is 0.296 e. The number of carbonyl (C=O) groups is 1. The molecule has 1 heterocycles. The lowest BCUT2D eigenvalue weighted by atomic mass is 10.1. The molecule has 0 saturated carbocycles. The number of ketones is 1. The highest BCUT2D eigenvalue weighted by Crippen LogP contribution is 2.35. The van der Waals surface area contributed by atoms with Gasteiger partial charge >= 0.3 is 0 Å². The molecule has 1 N–H and O–H groups in total. The number of ether oxygens (including phenoxy) is 1. The van der Waals surface area contributed by atoms with Crippen molar-refractivity contribution in [3.63, 3.8) is 0 Å². The number of Topliss-reactive ketones (excluding diaryl/α,β-unsaturated/α-hetero) is 1. The molecule has 108 valence electrons. The highest BCUT2D eigenvalue weighted by Gasteiger charge is 2.24. The van der Waals surface area contributed by atoms with Gasteiger partial charge in [-0.15, -0.1) is 0 Å². The van der Waals surface area contributed by atoms with Gasteiger partial charge in [-0.25, -0.2) is 0 Å². The van der Waals surface area contributed by atoms with Crippen molar-refractivity contribution in [1.29, 1.82) is 0 Å². The first-order chi connectivity index (χ1) is 9.49. The third kappa shape index (κ3) is 3.05. The summed E-state index contributed by atoms with van der Waals surface area (Å²) in [5.74, 6) is -0.328. The molecule has 7 heteroatoms. The smallest absolute Gasteiger partial charge is 0.296 e. The normalized spacial score (nSPS) is 15.2. The summed E-state index contributed by atoms with van der Waals surface area (Å²) >= 11 is 0. The minimum atomic E-state index is -0.526. The van der Waals surface area contributed by atoms with Crippen molar-refractivity contribution < 1.29 is 19.6 Å². The summed E-state index contributed by atoms with van der Waals surface area (Å²) in [6, 6.07) is 2.64. The van der Waals surface area contributed by atoms with Crippen molar-refractivity contribution in [1.82, 2.24) is 0 Å². The van der Waals surface area contributed by atoms with Crippen LogP contribution in [0, 0.1) is 10.1 Å². The third-order valence-corrected chi connectivity index (χ3v) is 3.16. The van der Waals surface area contributed by atoms with E-state index >= 15 is 0 Å². The number of nitro groups is 1. The Kier molecular flexibility index (Phi) is 4.19. The van der Waals surface area contributed by atoms with Crippen molar-refractivity contribution in [3.8, 4) is 5.75 Å². The molecular weight excluding hydrogens is 264 g/mol. The van der Waals surface area contributed by atoms with Crippen LogP contribution < -0.4 is 4.90 Å². The van der Waals surface area contributed by atoms with Crippen LogP contribution in [0.2, 0.25) is 0 Å². The summed E-state index contributed by atoms with van der Waals surface area (Å²) in [5.41, 5.74) is 0.675. The predicted octanol–water partition coefficient (Wildman–Crippen LogP) is 1.27. The Balaban J connectivity index is 2.44. The van der Waals surface area contributed by atoms with Crippen molar-refractivity contribution in [2.24, 2.45) is 0 Å². The molecule has 0 unspecified atom stereocenters. The van der Waals surface area contributed by atoms with Crippen LogP contribution in [0.5, 0.6) is 5.75 Å². The van der Waals surface area contributed by atoms with E-state index in [2.05, 4.69) is 0 Å². The Morgan fingerprint density at radius 3 is 2.65 bits per heavy atom. The monoisotopic (exact) mass is 280 g/mol. The van der Waals surface area contributed by atoms with Crippen LogP contribution in [0.3, 0.4) is 0 Å². The molecule has 1 saturated heterocycles. The average Bonchev–Trinajstić information content (AvgIpc) is 2.41. The maximum atomic E-state index is 11.2. The van der Waals surface area contributed by atoms with Crippen LogP contribution in [-0.4, -0.2) is 42.1 Å². The van der Waals surface area contributed by atoms with Crippen LogP contribution >= 0.6 is 0 Å². The van der Waals surface area contributed by atoms with Crippen LogP contribution in [0.25, 0.3) is 0 Å². The Morgan fingerprint density at radius 2 is 2.10 bits per heavy atom. The molecule has 0 bridgehead atoms. The highest BCUT2D eigenvalue weighted by atomic mass is 16.6. The van der Waals surface area contributed by atoms with Crippen LogP contribution in [0.4, 0.5) is 11.4 Å². The fourth-order valence-corrected chi connectivity index (χ4v) is 2.22. The standard InChI is InChI=1S/C13H16N2O5/c1-9(16)6-10-7-11(14-2-4-20-5-3-14)12(15(18)19)8-13(10)17/h7-8,17H,2-6H2,1H3. The van der Waals surface area contributed by atoms with Gasteiger partial charge in [0.2, 0.25) is 0 Å². The van der Waals surface area contributed by atoms with Gasteiger partial charge in [-0.2, -0.15) is 0 Å². The zero-order valence-electron chi connectivity index (χ0n) is 11.2. The lowest BCUT2D eigenvalue weighted by Crippen LogP contribution is -2.36. The van der Waals surface area contributed by atoms with Gasteiger partial charge in [-0.3, -0.25) is 14.9 Å². The minimum Gasteiger partial charge on any atom is -0.507 e. The number of hydrogen-bond donors (Lipinski definition) is 1. The summed E-state index contributed by atoms with van der Waals surface area (Å²) in [5, 5.41) is 20.9. The zero-order valence-corrected chi connectivity index (χ0v) is 11.2. The summed E-state index contributed by atoms with van der Waals surface area (Å²) in [4.78, 5) is 23.6. The van der Waals surface area contributed by atoms with Gasteiger partial charge in [0.25, 0.3) is 5.69 Å². The molecule has 1 aromatic rings. The van der Waals surface area contributed by atoms with E-state index in [1.54, 1.807) is 0 Å².